The molecule has 2 heterocycles. The van der Waals surface area contributed by atoms with Crippen LogP contribution in [0.3, 0.4) is 0 Å². The molecular formula is C16H20O4. The topological polar surface area (TPSA) is 47.9 Å². The molecule has 0 bridgehead atoms. The van der Waals surface area contributed by atoms with Gasteiger partial charge in [0.05, 0.1) is 25.4 Å². The number of hydrogen-bond donors (Lipinski definition) is 1. The highest BCUT2D eigenvalue weighted by atomic mass is 16.7. The maximum Gasteiger partial charge on any atom is 0.168 e. The van der Waals surface area contributed by atoms with Gasteiger partial charge in [0.25, 0.3) is 0 Å². The van der Waals surface area contributed by atoms with E-state index in [0.717, 1.165) is 37.2 Å². The van der Waals surface area contributed by atoms with Gasteiger partial charge in [-0.25, -0.2) is 0 Å². The first-order valence-corrected chi connectivity index (χ1v) is 7.46. The van der Waals surface area contributed by atoms with Crippen LogP contribution in [-0.4, -0.2) is 30.7 Å². The fourth-order valence-corrected chi connectivity index (χ4v) is 3.68. The van der Waals surface area contributed by atoms with Gasteiger partial charge in [-0.3, -0.25) is 0 Å². The highest BCUT2D eigenvalue weighted by Gasteiger charge is 2.47. The van der Waals surface area contributed by atoms with Crippen LogP contribution in [0.1, 0.15) is 36.8 Å². The van der Waals surface area contributed by atoms with E-state index in [1.54, 1.807) is 0 Å². The van der Waals surface area contributed by atoms with Crippen molar-refractivity contribution in [3.8, 4) is 5.75 Å². The van der Waals surface area contributed by atoms with E-state index in [0.29, 0.717) is 26.1 Å². The van der Waals surface area contributed by atoms with Crippen molar-refractivity contribution in [3.63, 3.8) is 0 Å². The minimum Gasteiger partial charge on any atom is -0.493 e. The van der Waals surface area contributed by atoms with Gasteiger partial charge in [-0.15, -0.1) is 0 Å². The van der Waals surface area contributed by atoms with Crippen LogP contribution in [0.15, 0.2) is 18.2 Å². The molecule has 4 rings (SSSR count). The van der Waals surface area contributed by atoms with E-state index in [-0.39, 0.29) is 0 Å². The predicted octanol–water partition coefficient (Wildman–Crippen LogP) is 2.13. The monoisotopic (exact) mass is 276 g/mol. The summed E-state index contributed by atoms with van der Waals surface area (Å²) in [7, 11) is 0. The Morgan fingerprint density at radius 3 is 2.45 bits per heavy atom. The standard InChI is InChI=1S/C16H20O4/c17-15(5-7-16(8-6-15)19-10-11-20-16)13-3-1-2-12-4-9-18-14(12)13/h1-3,17H,4-11H2. The molecule has 1 N–H and O–H groups in total. The third kappa shape index (κ3) is 1.86. The van der Waals surface area contributed by atoms with Crippen molar-refractivity contribution in [3.05, 3.63) is 29.3 Å². The van der Waals surface area contributed by atoms with Crippen LogP contribution in [0.5, 0.6) is 5.75 Å². The molecule has 2 aliphatic heterocycles. The third-order valence-corrected chi connectivity index (χ3v) is 4.87. The van der Waals surface area contributed by atoms with Crippen LogP contribution in [0.2, 0.25) is 0 Å². The molecule has 0 radical (unpaired) electrons. The first kappa shape index (κ1) is 12.6. The number of fused-ring (bicyclic) bond motifs is 1. The van der Waals surface area contributed by atoms with Crippen molar-refractivity contribution < 1.29 is 19.3 Å². The number of benzene rings is 1. The van der Waals surface area contributed by atoms with Gasteiger partial charge in [0, 0.05) is 24.8 Å². The Kier molecular flexibility index (Phi) is 2.81. The van der Waals surface area contributed by atoms with Gasteiger partial charge in [-0.1, -0.05) is 18.2 Å². The second kappa shape index (κ2) is 4.45. The summed E-state index contributed by atoms with van der Waals surface area (Å²) in [5.41, 5.74) is 1.35. The normalized spacial score (nSPS) is 26.4. The number of para-hydroxylation sites is 1. The lowest BCUT2D eigenvalue weighted by Crippen LogP contribution is -2.42. The fourth-order valence-electron chi connectivity index (χ4n) is 3.68. The number of hydrogen-bond acceptors (Lipinski definition) is 4. The minimum atomic E-state index is -0.809. The summed E-state index contributed by atoms with van der Waals surface area (Å²) < 4.78 is 17.2. The van der Waals surface area contributed by atoms with E-state index in [4.69, 9.17) is 14.2 Å². The first-order chi connectivity index (χ1) is 9.71. The van der Waals surface area contributed by atoms with E-state index >= 15 is 0 Å². The van der Waals surface area contributed by atoms with E-state index in [1.165, 1.54) is 5.56 Å². The summed E-state index contributed by atoms with van der Waals surface area (Å²) in [5.74, 6) is 0.463. The summed E-state index contributed by atoms with van der Waals surface area (Å²) in [6, 6.07) is 6.11. The Hall–Kier alpha value is -1.10. The average molecular weight is 276 g/mol. The second-order valence-electron chi connectivity index (χ2n) is 6.03. The highest BCUT2D eigenvalue weighted by molar-refractivity contribution is 5.47. The number of aliphatic hydroxyl groups is 1. The SMILES string of the molecule is OC1(c2cccc3c2OCC3)CCC2(CC1)OCCO2. The average Bonchev–Trinajstić information content (AvgIpc) is 3.12. The minimum absolute atomic E-state index is 0.439. The summed E-state index contributed by atoms with van der Waals surface area (Å²) in [4.78, 5) is 0. The Morgan fingerprint density at radius 2 is 1.70 bits per heavy atom. The molecule has 108 valence electrons. The molecule has 0 aromatic heterocycles. The molecule has 0 atom stereocenters. The highest BCUT2D eigenvalue weighted by Crippen LogP contribution is 2.48. The van der Waals surface area contributed by atoms with Crippen molar-refractivity contribution >= 4 is 0 Å². The Morgan fingerprint density at radius 1 is 0.950 bits per heavy atom. The molecule has 2 fully saturated rings. The third-order valence-electron chi connectivity index (χ3n) is 4.87. The maximum atomic E-state index is 11.1. The molecule has 4 heteroatoms. The van der Waals surface area contributed by atoms with Gasteiger partial charge in [-0.05, 0) is 18.4 Å². The molecule has 0 unspecified atom stereocenters. The van der Waals surface area contributed by atoms with Crippen molar-refractivity contribution in [1.29, 1.82) is 0 Å². The zero-order valence-corrected chi connectivity index (χ0v) is 11.6. The van der Waals surface area contributed by atoms with Crippen molar-refractivity contribution in [2.45, 2.75) is 43.5 Å². The van der Waals surface area contributed by atoms with Gasteiger partial charge >= 0.3 is 0 Å². The molecule has 1 saturated carbocycles. The van der Waals surface area contributed by atoms with Gasteiger partial charge < -0.3 is 19.3 Å². The summed E-state index contributed by atoms with van der Waals surface area (Å²) in [6.07, 6.45) is 3.75. The first-order valence-electron chi connectivity index (χ1n) is 7.46. The lowest BCUT2D eigenvalue weighted by atomic mass is 9.76. The molecule has 1 spiro atoms. The zero-order valence-electron chi connectivity index (χ0n) is 11.6. The van der Waals surface area contributed by atoms with Crippen LogP contribution >= 0.6 is 0 Å². The summed E-state index contributed by atoms with van der Waals surface area (Å²) >= 11 is 0. The zero-order chi connectivity index (χ0) is 13.6. The quantitative estimate of drug-likeness (QED) is 0.853. The Balaban J connectivity index is 1.61. The van der Waals surface area contributed by atoms with Crippen LogP contribution < -0.4 is 4.74 Å². The fraction of sp³-hybridized carbons (Fsp3) is 0.625. The molecule has 0 amide bonds. The Bertz CT molecular complexity index is 509. The van der Waals surface area contributed by atoms with E-state index in [1.807, 2.05) is 12.1 Å². The van der Waals surface area contributed by atoms with Crippen LogP contribution in [0, 0.1) is 0 Å². The van der Waals surface area contributed by atoms with E-state index in [2.05, 4.69) is 6.07 Å². The lowest BCUT2D eigenvalue weighted by Gasteiger charge is -2.41. The van der Waals surface area contributed by atoms with Crippen LogP contribution in [-0.2, 0) is 21.5 Å². The molecule has 1 aliphatic carbocycles. The molecule has 20 heavy (non-hydrogen) atoms. The molecule has 1 saturated heterocycles. The van der Waals surface area contributed by atoms with Gasteiger partial charge in [0.1, 0.15) is 5.75 Å². The number of rotatable bonds is 1. The van der Waals surface area contributed by atoms with Gasteiger partial charge in [0.15, 0.2) is 5.79 Å². The molecule has 4 nitrogen and oxygen atoms in total. The largest absolute Gasteiger partial charge is 0.493 e. The molecule has 3 aliphatic rings. The summed E-state index contributed by atoms with van der Waals surface area (Å²) in [5, 5.41) is 11.1. The smallest absolute Gasteiger partial charge is 0.168 e. The molecule has 1 aromatic carbocycles. The maximum absolute atomic E-state index is 11.1. The van der Waals surface area contributed by atoms with Crippen LogP contribution in [0.4, 0.5) is 0 Å². The lowest BCUT2D eigenvalue weighted by molar-refractivity contribution is -0.204. The van der Waals surface area contributed by atoms with E-state index < -0.39 is 11.4 Å². The van der Waals surface area contributed by atoms with Gasteiger partial charge in [-0.2, -0.15) is 0 Å². The van der Waals surface area contributed by atoms with Crippen molar-refractivity contribution in [1.82, 2.24) is 0 Å². The van der Waals surface area contributed by atoms with E-state index in [9.17, 15) is 5.11 Å². The molecule has 1 aromatic rings. The van der Waals surface area contributed by atoms with Crippen molar-refractivity contribution in [2.24, 2.45) is 0 Å². The van der Waals surface area contributed by atoms with Crippen molar-refractivity contribution in [2.75, 3.05) is 19.8 Å². The second-order valence-corrected chi connectivity index (χ2v) is 6.03. The number of ether oxygens (including phenoxy) is 3. The summed E-state index contributed by atoms with van der Waals surface area (Å²) in [6.45, 7) is 2.06. The predicted molar refractivity (Wildman–Crippen MR) is 72.6 cm³/mol. The Labute approximate surface area is 118 Å². The van der Waals surface area contributed by atoms with Gasteiger partial charge in [0.2, 0.25) is 0 Å². The van der Waals surface area contributed by atoms with Crippen LogP contribution in [0.25, 0.3) is 0 Å². The molecular weight excluding hydrogens is 256 g/mol.